The number of nitrogens with one attached hydrogen (secondary N) is 2. The lowest BCUT2D eigenvalue weighted by Crippen LogP contribution is -2.51. The maximum absolute atomic E-state index is 11.6. The molecule has 1 aromatic rings. The molecule has 18 heavy (non-hydrogen) atoms. The minimum atomic E-state index is -0.425. The van der Waals surface area contributed by atoms with Crippen molar-refractivity contribution in [1.29, 1.82) is 0 Å². The SMILES string of the molecule is O=C(COc1ccccc1)N[C@@H]1CCCNC1=O. The van der Waals surface area contributed by atoms with E-state index >= 15 is 0 Å². The van der Waals surface area contributed by atoms with Crippen LogP contribution in [0, 0.1) is 0 Å². The van der Waals surface area contributed by atoms with Crippen molar-refractivity contribution in [3.63, 3.8) is 0 Å². The Labute approximate surface area is 106 Å². The summed E-state index contributed by atoms with van der Waals surface area (Å²) < 4.78 is 5.30. The average Bonchev–Trinajstić information content (AvgIpc) is 2.40. The number of carbonyl (C=O) groups is 2. The summed E-state index contributed by atoms with van der Waals surface area (Å²) >= 11 is 0. The first-order valence-corrected chi connectivity index (χ1v) is 6.00. The molecule has 2 amide bonds. The van der Waals surface area contributed by atoms with Gasteiger partial charge < -0.3 is 15.4 Å². The van der Waals surface area contributed by atoms with E-state index in [9.17, 15) is 9.59 Å². The van der Waals surface area contributed by atoms with Crippen molar-refractivity contribution in [3.05, 3.63) is 30.3 Å². The van der Waals surface area contributed by atoms with Crippen molar-refractivity contribution in [2.45, 2.75) is 18.9 Å². The highest BCUT2D eigenvalue weighted by atomic mass is 16.5. The molecule has 1 atom stereocenters. The summed E-state index contributed by atoms with van der Waals surface area (Å²) in [6, 6.07) is 8.68. The summed E-state index contributed by atoms with van der Waals surface area (Å²) in [5.74, 6) is 0.246. The molecule has 1 fully saturated rings. The highest BCUT2D eigenvalue weighted by molar-refractivity contribution is 5.88. The van der Waals surface area contributed by atoms with Crippen LogP contribution in [-0.2, 0) is 9.59 Å². The van der Waals surface area contributed by atoms with Gasteiger partial charge in [-0.15, -0.1) is 0 Å². The van der Waals surface area contributed by atoms with Gasteiger partial charge in [0.05, 0.1) is 0 Å². The Hall–Kier alpha value is -2.04. The monoisotopic (exact) mass is 248 g/mol. The Bertz CT molecular complexity index is 420. The van der Waals surface area contributed by atoms with Gasteiger partial charge in [-0.2, -0.15) is 0 Å². The Morgan fingerprint density at radius 3 is 2.89 bits per heavy atom. The summed E-state index contributed by atoms with van der Waals surface area (Å²) in [7, 11) is 0. The molecular weight excluding hydrogens is 232 g/mol. The zero-order chi connectivity index (χ0) is 12.8. The predicted molar refractivity (Wildman–Crippen MR) is 66.1 cm³/mol. The van der Waals surface area contributed by atoms with E-state index in [-0.39, 0.29) is 18.4 Å². The summed E-state index contributed by atoms with van der Waals surface area (Å²) in [6.07, 6.45) is 1.57. The van der Waals surface area contributed by atoms with E-state index in [0.29, 0.717) is 18.7 Å². The van der Waals surface area contributed by atoms with Crippen LogP contribution in [0.2, 0.25) is 0 Å². The number of piperidine rings is 1. The number of rotatable bonds is 4. The molecule has 96 valence electrons. The Kier molecular flexibility index (Phi) is 4.17. The standard InChI is InChI=1S/C13H16N2O3/c16-12(9-18-10-5-2-1-3-6-10)15-11-7-4-8-14-13(11)17/h1-3,5-6,11H,4,7-9H2,(H,14,17)(H,15,16)/t11-/m1/s1. The first kappa shape index (κ1) is 12.4. The fraction of sp³-hybridized carbons (Fsp3) is 0.385. The van der Waals surface area contributed by atoms with Crippen LogP contribution in [-0.4, -0.2) is 31.0 Å². The normalized spacial score (nSPS) is 18.9. The molecule has 5 heteroatoms. The lowest BCUT2D eigenvalue weighted by atomic mass is 10.1. The molecule has 2 N–H and O–H groups in total. The van der Waals surface area contributed by atoms with Gasteiger partial charge in [-0.1, -0.05) is 18.2 Å². The van der Waals surface area contributed by atoms with Crippen LogP contribution < -0.4 is 15.4 Å². The second-order valence-corrected chi connectivity index (χ2v) is 4.16. The molecule has 0 aromatic heterocycles. The van der Waals surface area contributed by atoms with Gasteiger partial charge in [0.2, 0.25) is 5.91 Å². The van der Waals surface area contributed by atoms with Crippen LogP contribution in [0.15, 0.2) is 30.3 Å². The van der Waals surface area contributed by atoms with Crippen molar-refractivity contribution in [1.82, 2.24) is 10.6 Å². The smallest absolute Gasteiger partial charge is 0.258 e. The fourth-order valence-electron chi connectivity index (χ4n) is 1.81. The third-order valence-corrected chi connectivity index (χ3v) is 2.73. The van der Waals surface area contributed by atoms with Gasteiger partial charge in [0.15, 0.2) is 6.61 Å². The quantitative estimate of drug-likeness (QED) is 0.813. The summed E-state index contributed by atoms with van der Waals surface area (Å²) in [5, 5.41) is 5.38. The van der Waals surface area contributed by atoms with Crippen LogP contribution >= 0.6 is 0 Å². The van der Waals surface area contributed by atoms with Gasteiger partial charge in [-0.3, -0.25) is 9.59 Å². The highest BCUT2D eigenvalue weighted by Crippen LogP contribution is 2.08. The molecule has 5 nitrogen and oxygen atoms in total. The molecule has 0 bridgehead atoms. The average molecular weight is 248 g/mol. The molecule has 1 aromatic carbocycles. The maximum atomic E-state index is 11.6. The summed E-state index contributed by atoms with van der Waals surface area (Å²) in [4.78, 5) is 23.1. The molecule has 0 unspecified atom stereocenters. The van der Waals surface area contributed by atoms with Crippen LogP contribution in [0.1, 0.15) is 12.8 Å². The number of para-hydroxylation sites is 1. The molecule has 0 aliphatic carbocycles. The lowest BCUT2D eigenvalue weighted by Gasteiger charge is -2.22. The zero-order valence-electron chi connectivity index (χ0n) is 10.0. The van der Waals surface area contributed by atoms with Gasteiger partial charge in [0, 0.05) is 6.54 Å². The second kappa shape index (κ2) is 6.05. The maximum Gasteiger partial charge on any atom is 0.258 e. The zero-order valence-corrected chi connectivity index (χ0v) is 10.0. The molecule has 0 radical (unpaired) electrons. The van der Waals surface area contributed by atoms with E-state index in [2.05, 4.69) is 10.6 Å². The van der Waals surface area contributed by atoms with Crippen LogP contribution in [0.4, 0.5) is 0 Å². The molecule has 1 heterocycles. The third-order valence-electron chi connectivity index (χ3n) is 2.73. The molecule has 1 saturated heterocycles. The van der Waals surface area contributed by atoms with Gasteiger partial charge >= 0.3 is 0 Å². The topological polar surface area (TPSA) is 67.4 Å². The summed E-state index contributed by atoms with van der Waals surface area (Å²) in [6.45, 7) is 0.611. The predicted octanol–water partition coefficient (Wildman–Crippen LogP) is 0.460. The van der Waals surface area contributed by atoms with E-state index in [1.165, 1.54) is 0 Å². The highest BCUT2D eigenvalue weighted by Gasteiger charge is 2.23. The van der Waals surface area contributed by atoms with Crippen molar-refractivity contribution >= 4 is 11.8 Å². The van der Waals surface area contributed by atoms with Crippen LogP contribution in [0.25, 0.3) is 0 Å². The molecule has 0 spiro atoms. The molecule has 1 aliphatic rings. The number of carbonyl (C=O) groups excluding carboxylic acids is 2. The lowest BCUT2D eigenvalue weighted by molar-refractivity contribution is -0.131. The van der Waals surface area contributed by atoms with Gasteiger partial charge in [-0.25, -0.2) is 0 Å². The third kappa shape index (κ3) is 3.48. The molecule has 0 saturated carbocycles. The number of amides is 2. The molecule has 2 rings (SSSR count). The van der Waals surface area contributed by atoms with Gasteiger partial charge in [0.1, 0.15) is 11.8 Å². The van der Waals surface area contributed by atoms with Crippen molar-refractivity contribution in [2.75, 3.05) is 13.2 Å². The van der Waals surface area contributed by atoms with E-state index < -0.39 is 6.04 Å². The van der Waals surface area contributed by atoms with Gasteiger partial charge in [-0.05, 0) is 25.0 Å². The minimum Gasteiger partial charge on any atom is -0.484 e. The number of benzene rings is 1. The van der Waals surface area contributed by atoms with E-state index in [4.69, 9.17) is 4.74 Å². The number of hydrogen-bond acceptors (Lipinski definition) is 3. The fourth-order valence-corrected chi connectivity index (χ4v) is 1.81. The molecular formula is C13H16N2O3. The van der Waals surface area contributed by atoms with E-state index in [1.807, 2.05) is 18.2 Å². The Morgan fingerprint density at radius 1 is 1.39 bits per heavy atom. The summed E-state index contributed by atoms with van der Waals surface area (Å²) in [5.41, 5.74) is 0. The van der Waals surface area contributed by atoms with E-state index in [1.54, 1.807) is 12.1 Å². The first-order valence-electron chi connectivity index (χ1n) is 6.00. The van der Waals surface area contributed by atoms with Crippen molar-refractivity contribution in [3.8, 4) is 5.75 Å². The van der Waals surface area contributed by atoms with Crippen LogP contribution in [0.3, 0.4) is 0 Å². The number of ether oxygens (including phenoxy) is 1. The van der Waals surface area contributed by atoms with Crippen molar-refractivity contribution in [2.24, 2.45) is 0 Å². The Balaban J connectivity index is 1.76. The number of hydrogen-bond donors (Lipinski definition) is 2. The van der Waals surface area contributed by atoms with Crippen LogP contribution in [0.5, 0.6) is 5.75 Å². The second-order valence-electron chi connectivity index (χ2n) is 4.16. The first-order chi connectivity index (χ1) is 8.75. The Morgan fingerprint density at radius 2 is 2.17 bits per heavy atom. The van der Waals surface area contributed by atoms with Gasteiger partial charge in [0.25, 0.3) is 5.91 Å². The minimum absolute atomic E-state index is 0.0756. The van der Waals surface area contributed by atoms with Crippen molar-refractivity contribution < 1.29 is 14.3 Å². The largest absolute Gasteiger partial charge is 0.484 e. The molecule has 1 aliphatic heterocycles. The van der Waals surface area contributed by atoms with E-state index in [0.717, 1.165) is 6.42 Å².